The molecule has 0 bridgehead atoms. The van der Waals surface area contributed by atoms with Crippen LogP contribution in [0.2, 0.25) is 10.0 Å². The van der Waals surface area contributed by atoms with E-state index in [-0.39, 0.29) is 5.41 Å². The molecule has 0 radical (unpaired) electrons. The first-order valence-corrected chi connectivity index (χ1v) is 18.8. The summed E-state index contributed by atoms with van der Waals surface area (Å²) < 4.78 is 0. The highest BCUT2D eigenvalue weighted by molar-refractivity contribution is 6.31. The molecule has 1 aliphatic carbocycles. The number of aliphatic hydroxyl groups is 1. The van der Waals surface area contributed by atoms with Crippen molar-refractivity contribution in [3.8, 4) is 0 Å². The summed E-state index contributed by atoms with van der Waals surface area (Å²) in [6.07, 6.45) is 10.6. The first-order valence-electron chi connectivity index (χ1n) is 18.0. The molecule has 262 valence electrons. The number of rotatable bonds is 8. The molecule has 0 aromatic heterocycles. The van der Waals surface area contributed by atoms with E-state index in [4.69, 9.17) is 23.2 Å². The van der Waals surface area contributed by atoms with E-state index in [9.17, 15) is 5.11 Å². The fourth-order valence-corrected chi connectivity index (χ4v) is 8.79. The van der Waals surface area contributed by atoms with Crippen molar-refractivity contribution in [3.63, 3.8) is 0 Å². The quantitative estimate of drug-likeness (QED) is 0.197. The SMILES string of the molecule is CCN1/C(=C/C=C2\CCC(/C=C/C3(O)N(CC)c4ccc(Cl)cc4C3(C)C)=C2N(c2ccccc2)c2ccccc2)C(C)(C)c2cc(Cl)ccc21. The largest absolute Gasteiger partial charge is 0.366 e. The van der Waals surface area contributed by atoms with Crippen LogP contribution in [0.15, 0.2) is 144 Å². The molecule has 1 atom stereocenters. The third-order valence-electron chi connectivity index (χ3n) is 11.2. The van der Waals surface area contributed by atoms with Gasteiger partial charge in [-0.3, -0.25) is 0 Å². The molecule has 0 saturated heterocycles. The van der Waals surface area contributed by atoms with Gasteiger partial charge in [-0.1, -0.05) is 99.4 Å². The fourth-order valence-electron chi connectivity index (χ4n) is 8.44. The van der Waals surface area contributed by atoms with E-state index >= 15 is 0 Å². The molecule has 4 aromatic rings. The molecule has 1 unspecified atom stereocenters. The third kappa shape index (κ3) is 5.82. The number of nitrogens with zero attached hydrogens (tertiary/aromatic N) is 3. The Kier molecular flexibility index (Phi) is 9.24. The molecule has 51 heavy (non-hydrogen) atoms. The van der Waals surface area contributed by atoms with Crippen LogP contribution >= 0.6 is 23.2 Å². The van der Waals surface area contributed by atoms with Crippen LogP contribution in [0.4, 0.5) is 22.7 Å². The van der Waals surface area contributed by atoms with Gasteiger partial charge >= 0.3 is 0 Å². The lowest BCUT2D eigenvalue weighted by molar-refractivity contribution is 0.0304. The summed E-state index contributed by atoms with van der Waals surface area (Å²) in [4.78, 5) is 6.89. The average molecular weight is 717 g/mol. The summed E-state index contributed by atoms with van der Waals surface area (Å²) in [7, 11) is 0. The lowest BCUT2D eigenvalue weighted by Gasteiger charge is -2.41. The number of fused-ring (bicyclic) bond motifs is 2. The molecule has 3 aliphatic rings. The van der Waals surface area contributed by atoms with Gasteiger partial charge < -0.3 is 19.8 Å². The number of halogens is 2. The highest BCUT2D eigenvalue weighted by atomic mass is 35.5. The van der Waals surface area contributed by atoms with Gasteiger partial charge in [0.15, 0.2) is 5.72 Å². The Morgan fingerprint density at radius 1 is 0.725 bits per heavy atom. The second-order valence-electron chi connectivity index (χ2n) is 14.7. The van der Waals surface area contributed by atoms with E-state index < -0.39 is 11.1 Å². The van der Waals surface area contributed by atoms with Gasteiger partial charge in [-0.15, -0.1) is 0 Å². The highest BCUT2D eigenvalue weighted by Gasteiger charge is 2.54. The van der Waals surface area contributed by atoms with Gasteiger partial charge in [0.2, 0.25) is 0 Å². The number of anilines is 4. The highest BCUT2D eigenvalue weighted by Crippen LogP contribution is 2.53. The normalized spacial score (nSPS) is 22.1. The topological polar surface area (TPSA) is 30.0 Å². The summed E-state index contributed by atoms with van der Waals surface area (Å²) in [5, 5.41) is 14.1. The Hall–Kier alpha value is -4.22. The van der Waals surface area contributed by atoms with Gasteiger partial charge in [0.25, 0.3) is 0 Å². The Morgan fingerprint density at radius 3 is 1.90 bits per heavy atom. The van der Waals surface area contributed by atoms with Crippen LogP contribution in [-0.4, -0.2) is 23.9 Å². The van der Waals surface area contributed by atoms with Crippen molar-refractivity contribution in [1.82, 2.24) is 0 Å². The average Bonchev–Trinajstić information content (AvgIpc) is 3.67. The standard InChI is InChI=1S/C45H47Cl2N3O/c1-7-48-39-24-22-33(46)29-37(39)43(3,4)41(48)26-21-31-19-20-32(42(31)50(35-15-11-9-12-16-35)36-17-13-10-14-18-36)27-28-45(51)44(5,6)38-30-34(47)23-25-40(38)49(45)8-2/h9-18,21-30,51H,7-8,19-20H2,1-6H3/b28-27+,31-21+,41-26+. The van der Waals surface area contributed by atoms with Gasteiger partial charge in [0, 0.05) is 62.4 Å². The molecule has 2 aliphatic heterocycles. The third-order valence-corrected chi connectivity index (χ3v) is 11.7. The minimum absolute atomic E-state index is 0.212. The summed E-state index contributed by atoms with van der Waals surface area (Å²) in [6, 6.07) is 33.4. The summed E-state index contributed by atoms with van der Waals surface area (Å²) in [6.45, 7) is 14.6. The number of hydrogen-bond acceptors (Lipinski definition) is 4. The van der Waals surface area contributed by atoms with Gasteiger partial charge in [-0.25, -0.2) is 0 Å². The van der Waals surface area contributed by atoms with E-state index in [1.54, 1.807) is 0 Å². The molecule has 1 N–H and O–H groups in total. The van der Waals surface area contributed by atoms with Gasteiger partial charge in [0.1, 0.15) is 0 Å². The van der Waals surface area contributed by atoms with Gasteiger partial charge in [-0.2, -0.15) is 0 Å². The molecule has 4 aromatic carbocycles. The molecule has 0 amide bonds. The maximum atomic E-state index is 12.7. The molecule has 7 rings (SSSR count). The molecule has 0 fully saturated rings. The van der Waals surface area contributed by atoms with Crippen LogP contribution < -0.4 is 14.7 Å². The number of allylic oxidation sites excluding steroid dienone is 6. The van der Waals surface area contributed by atoms with Crippen LogP contribution in [-0.2, 0) is 10.8 Å². The smallest absolute Gasteiger partial charge is 0.167 e. The molecular weight excluding hydrogens is 669 g/mol. The predicted octanol–water partition coefficient (Wildman–Crippen LogP) is 11.9. The molecule has 4 nitrogen and oxygen atoms in total. The van der Waals surface area contributed by atoms with E-state index in [1.807, 2.05) is 30.3 Å². The minimum Gasteiger partial charge on any atom is -0.366 e. The Bertz CT molecular complexity index is 2040. The number of para-hydroxylation sites is 2. The zero-order valence-electron chi connectivity index (χ0n) is 30.4. The van der Waals surface area contributed by atoms with Crippen molar-refractivity contribution in [3.05, 3.63) is 165 Å². The maximum Gasteiger partial charge on any atom is 0.167 e. The van der Waals surface area contributed by atoms with Crippen molar-refractivity contribution in [2.45, 2.75) is 70.9 Å². The molecular formula is C45H47Cl2N3O. The number of hydrogen-bond donors (Lipinski definition) is 1. The van der Waals surface area contributed by atoms with E-state index in [0.29, 0.717) is 11.6 Å². The first-order chi connectivity index (χ1) is 24.4. The zero-order valence-corrected chi connectivity index (χ0v) is 31.9. The van der Waals surface area contributed by atoms with Crippen LogP contribution in [0.1, 0.15) is 65.5 Å². The van der Waals surface area contributed by atoms with Crippen LogP contribution in [0, 0.1) is 0 Å². The van der Waals surface area contributed by atoms with Crippen LogP contribution in [0.5, 0.6) is 0 Å². The Labute approximate surface area is 313 Å². The number of likely N-dealkylation sites (N-methyl/N-ethyl adjacent to an activating group) is 2. The maximum absolute atomic E-state index is 12.7. The lowest BCUT2D eigenvalue weighted by atomic mass is 9.77. The summed E-state index contributed by atoms with van der Waals surface area (Å²) >= 11 is 13.0. The first kappa shape index (κ1) is 35.2. The summed E-state index contributed by atoms with van der Waals surface area (Å²) in [5.41, 5.74) is 9.44. The van der Waals surface area contributed by atoms with Crippen molar-refractivity contribution < 1.29 is 5.11 Å². The summed E-state index contributed by atoms with van der Waals surface area (Å²) in [5.74, 6) is 0. The van der Waals surface area contributed by atoms with Crippen molar-refractivity contribution in [1.29, 1.82) is 0 Å². The fraction of sp³-hybridized carbons (Fsp3) is 0.289. The lowest BCUT2D eigenvalue weighted by Crippen LogP contribution is -2.54. The zero-order chi connectivity index (χ0) is 36.1. The predicted molar refractivity (Wildman–Crippen MR) is 217 cm³/mol. The van der Waals surface area contributed by atoms with Crippen LogP contribution in [0.25, 0.3) is 0 Å². The van der Waals surface area contributed by atoms with Gasteiger partial charge in [0.05, 0.1) is 5.70 Å². The molecule has 2 heterocycles. The monoisotopic (exact) mass is 715 g/mol. The Morgan fingerprint density at radius 2 is 1.31 bits per heavy atom. The van der Waals surface area contributed by atoms with E-state index in [2.05, 4.69) is 147 Å². The van der Waals surface area contributed by atoms with Crippen molar-refractivity contribution >= 4 is 46.0 Å². The van der Waals surface area contributed by atoms with Crippen molar-refractivity contribution in [2.75, 3.05) is 27.8 Å². The molecule has 0 spiro atoms. The Balaban J connectivity index is 1.40. The second kappa shape index (κ2) is 13.4. The number of benzene rings is 4. The molecule has 6 heteroatoms. The van der Waals surface area contributed by atoms with Gasteiger partial charge in [-0.05, 0) is 122 Å². The van der Waals surface area contributed by atoms with Crippen molar-refractivity contribution in [2.24, 2.45) is 0 Å². The second-order valence-corrected chi connectivity index (χ2v) is 15.6. The van der Waals surface area contributed by atoms with Crippen LogP contribution in [0.3, 0.4) is 0 Å². The molecule has 0 saturated carbocycles. The van der Waals surface area contributed by atoms with E-state index in [1.165, 1.54) is 28.1 Å². The van der Waals surface area contributed by atoms with E-state index in [0.717, 1.165) is 52.7 Å². The minimum atomic E-state index is -1.26.